The van der Waals surface area contributed by atoms with Crippen LogP contribution in [-0.2, 0) is 9.53 Å². The Morgan fingerprint density at radius 3 is 2.00 bits per heavy atom. The molecule has 0 unspecified atom stereocenters. The number of benzene rings is 2. The highest BCUT2D eigenvalue weighted by Crippen LogP contribution is 2.28. The van der Waals surface area contributed by atoms with E-state index in [0.717, 1.165) is 12.8 Å². The van der Waals surface area contributed by atoms with E-state index in [2.05, 4.69) is 55.1 Å². The van der Waals surface area contributed by atoms with Gasteiger partial charge in [-0.05, 0) is 24.0 Å². The quantitative estimate of drug-likeness (QED) is 0.429. The van der Waals surface area contributed by atoms with Gasteiger partial charge in [0.2, 0.25) is 0 Å². The smallest absolute Gasteiger partial charge is 0.330 e. The van der Waals surface area contributed by atoms with Crippen LogP contribution in [0.3, 0.4) is 0 Å². The van der Waals surface area contributed by atoms with Gasteiger partial charge in [-0.2, -0.15) is 0 Å². The molecule has 0 aliphatic carbocycles. The molecule has 0 heterocycles. The molecule has 0 N–H and O–H groups in total. The molecule has 0 atom stereocenters. The molecule has 2 aromatic rings. The number of esters is 1. The predicted octanol–water partition coefficient (Wildman–Crippen LogP) is 4.33. The van der Waals surface area contributed by atoms with Gasteiger partial charge in [0, 0.05) is 12.0 Å². The van der Waals surface area contributed by atoms with Gasteiger partial charge >= 0.3 is 5.97 Å². The SMILES string of the molecule is C=CC(=O)OCCCC(c1ccccc1)c1ccccc1. The van der Waals surface area contributed by atoms with Crippen LogP contribution in [0.5, 0.6) is 0 Å². The summed E-state index contributed by atoms with van der Waals surface area (Å²) >= 11 is 0. The summed E-state index contributed by atoms with van der Waals surface area (Å²) in [6.45, 7) is 3.83. The number of hydrogen-bond acceptors (Lipinski definition) is 2. The lowest BCUT2D eigenvalue weighted by molar-refractivity contribution is -0.137. The van der Waals surface area contributed by atoms with Crippen LogP contribution in [0, 0.1) is 0 Å². The zero-order chi connectivity index (χ0) is 14.9. The molecule has 2 rings (SSSR count). The van der Waals surface area contributed by atoms with E-state index in [1.165, 1.54) is 17.2 Å². The number of hydrogen-bond donors (Lipinski definition) is 0. The first kappa shape index (κ1) is 15.0. The van der Waals surface area contributed by atoms with Gasteiger partial charge in [0.15, 0.2) is 0 Å². The molecule has 0 amide bonds. The van der Waals surface area contributed by atoms with Crippen molar-refractivity contribution < 1.29 is 9.53 Å². The van der Waals surface area contributed by atoms with Gasteiger partial charge in [-0.1, -0.05) is 67.2 Å². The van der Waals surface area contributed by atoms with Crippen molar-refractivity contribution in [3.63, 3.8) is 0 Å². The molecule has 0 aromatic heterocycles. The molecule has 21 heavy (non-hydrogen) atoms. The van der Waals surface area contributed by atoms with Gasteiger partial charge < -0.3 is 4.74 Å². The van der Waals surface area contributed by atoms with E-state index in [9.17, 15) is 4.79 Å². The van der Waals surface area contributed by atoms with E-state index < -0.39 is 0 Å². The van der Waals surface area contributed by atoms with E-state index in [0.29, 0.717) is 12.5 Å². The van der Waals surface area contributed by atoms with Crippen molar-refractivity contribution >= 4 is 5.97 Å². The number of rotatable bonds is 7. The summed E-state index contributed by atoms with van der Waals surface area (Å²) in [5.74, 6) is -0.0270. The van der Waals surface area contributed by atoms with Crippen LogP contribution in [0.1, 0.15) is 29.9 Å². The Balaban J connectivity index is 2.03. The Kier molecular flexibility index (Phi) is 5.77. The summed E-state index contributed by atoms with van der Waals surface area (Å²) in [4.78, 5) is 11.1. The second kappa shape index (κ2) is 8.05. The van der Waals surface area contributed by atoms with Gasteiger partial charge in [0.05, 0.1) is 6.61 Å². The molecule has 0 bridgehead atoms. The van der Waals surface area contributed by atoms with Crippen molar-refractivity contribution in [1.29, 1.82) is 0 Å². The molecular formula is C19H20O2. The lowest BCUT2D eigenvalue weighted by atomic mass is 9.88. The van der Waals surface area contributed by atoms with Gasteiger partial charge in [0.1, 0.15) is 0 Å². The van der Waals surface area contributed by atoms with Gasteiger partial charge in [0.25, 0.3) is 0 Å². The maximum absolute atomic E-state index is 11.1. The molecule has 0 aliphatic rings. The Hall–Kier alpha value is -2.35. The Morgan fingerprint density at radius 1 is 1.00 bits per heavy atom. The standard InChI is InChI=1S/C19H20O2/c1-2-19(20)21-15-9-14-18(16-10-5-3-6-11-16)17-12-7-4-8-13-17/h2-8,10-13,18H,1,9,14-15H2. The maximum Gasteiger partial charge on any atom is 0.330 e. The average Bonchev–Trinajstić information content (AvgIpc) is 2.56. The molecule has 108 valence electrons. The zero-order valence-electron chi connectivity index (χ0n) is 12.1. The number of carbonyl (C=O) groups is 1. The van der Waals surface area contributed by atoms with Crippen LogP contribution in [0.2, 0.25) is 0 Å². The Morgan fingerprint density at radius 2 is 1.52 bits per heavy atom. The first-order valence-corrected chi connectivity index (χ1v) is 7.20. The summed E-state index contributed by atoms with van der Waals surface area (Å²) in [5, 5.41) is 0. The Bertz CT molecular complexity index is 521. The molecule has 2 nitrogen and oxygen atoms in total. The third-order valence-corrected chi connectivity index (χ3v) is 3.45. The summed E-state index contributed by atoms with van der Waals surface area (Å²) < 4.78 is 5.06. The summed E-state index contributed by atoms with van der Waals surface area (Å²) in [5.41, 5.74) is 2.58. The largest absolute Gasteiger partial charge is 0.463 e. The third kappa shape index (κ3) is 4.60. The molecule has 2 aromatic carbocycles. The second-order valence-corrected chi connectivity index (χ2v) is 4.89. The van der Waals surface area contributed by atoms with Crippen molar-refractivity contribution in [3.8, 4) is 0 Å². The fraction of sp³-hybridized carbons (Fsp3) is 0.211. The van der Waals surface area contributed by atoms with Crippen LogP contribution < -0.4 is 0 Å². The first-order valence-electron chi connectivity index (χ1n) is 7.20. The van der Waals surface area contributed by atoms with Crippen LogP contribution in [0.4, 0.5) is 0 Å². The Labute approximate surface area is 126 Å². The van der Waals surface area contributed by atoms with Gasteiger partial charge in [-0.3, -0.25) is 0 Å². The maximum atomic E-state index is 11.1. The average molecular weight is 280 g/mol. The minimum Gasteiger partial charge on any atom is -0.463 e. The molecule has 0 spiro atoms. The predicted molar refractivity (Wildman–Crippen MR) is 85.1 cm³/mol. The molecule has 0 radical (unpaired) electrons. The van der Waals surface area contributed by atoms with E-state index in [4.69, 9.17) is 4.74 Å². The van der Waals surface area contributed by atoms with Crippen LogP contribution in [-0.4, -0.2) is 12.6 Å². The fourth-order valence-electron chi connectivity index (χ4n) is 2.42. The second-order valence-electron chi connectivity index (χ2n) is 4.89. The highest BCUT2D eigenvalue weighted by molar-refractivity contribution is 5.81. The van der Waals surface area contributed by atoms with E-state index in [1.807, 2.05) is 12.1 Å². The summed E-state index contributed by atoms with van der Waals surface area (Å²) in [6, 6.07) is 20.9. The minimum absolute atomic E-state index is 0.329. The molecule has 0 saturated carbocycles. The lowest BCUT2D eigenvalue weighted by Crippen LogP contribution is -2.06. The molecule has 0 saturated heterocycles. The van der Waals surface area contributed by atoms with E-state index in [-0.39, 0.29) is 5.97 Å². The molecule has 0 fully saturated rings. The molecule has 2 heteroatoms. The van der Waals surface area contributed by atoms with Crippen LogP contribution >= 0.6 is 0 Å². The zero-order valence-corrected chi connectivity index (χ0v) is 12.1. The monoisotopic (exact) mass is 280 g/mol. The summed E-state index contributed by atoms with van der Waals surface area (Å²) in [7, 11) is 0. The highest BCUT2D eigenvalue weighted by atomic mass is 16.5. The van der Waals surface area contributed by atoms with Crippen molar-refractivity contribution in [2.24, 2.45) is 0 Å². The fourth-order valence-corrected chi connectivity index (χ4v) is 2.42. The summed E-state index contributed by atoms with van der Waals surface area (Å²) in [6.07, 6.45) is 2.97. The lowest BCUT2D eigenvalue weighted by Gasteiger charge is -2.18. The van der Waals surface area contributed by atoms with Crippen molar-refractivity contribution in [2.45, 2.75) is 18.8 Å². The van der Waals surface area contributed by atoms with Crippen molar-refractivity contribution in [2.75, 3.05) is 6.61 Å². The van der Waals surface area contributed by atoms with Crippen LogP contribution in [0.15, 0.2) is 73.3 Å². The van der Waals surface area contributed by atoms with E-state index >= 15 is 0 Å². The minimum atomic E-state index is -0.356. The molecule has 0 aliphatic heterocycles. The number of carbonyl (C=O) groups excluding carboxylic acids is 1. The molecular weight excluding hydrogens is 260 g/mol. The van der Waals surface area contributed by atoms with Crippen molar-refractivity contribution in [1.82, 2.24) is 0 Å². The number of ether oxygens (including phenoxy) is 1. The topological polar surface area (TPSA) is 26.3 Å². The van der Waals surface area contributed by atoms with Crippen LogP contribution in [0.25, 0.3) is 0 Å². The highest BCUT2D eigenvalue weighted by Gasteiger charge is 2.13. The van der Waals surface area contributed by atoms with Gasteiger partial charge in [-0.15, -0.1) is 0 Å². The van der Waals surface area contributed by atoms with Gasteiger partial charge in [-0.25, -0.2) is 4.79 Å². The first-order chi connectivity index (χ1) is 10.3. The third-order valence-electron chi connectivity index (χ3n) is 3.45. The normalized spacial score (nSPS) is 10.3. The van der Waals surface area contributed by atoms with E-state index in [1.54, 1.807) is 0 Å². The van der Waals surface area contributed by atoms with Crippen molar-refractivity contribution in [3.05, 3.63) is 84.4 Å².